The fraction of sp³-hybridized carbons (Fsp3) is 0.391. The van der Waals surface area contributed by atoms with Crippen LogP contribution in [-0.4, -0.2) is 31.1 Å². The molecule has 0 saturated heterocycles. The molecule has 0 atom stereocenters. The van der Waals surface area contributed by atoms with Crippen molar-refractivity contribution in [3.05, 3.63) is 65.5 Å². The van der Waals surface area contributed by atoms with Crippen molar-refractivity contribution in [1.82, 2.24) is 10.3 Å². The van der Waals surface area contributed by atoms with Crippen LogP contribution in [0, 0.1) is 0 Å². The van der Waals surface area contributed by atoms with Gasteiger partial charge in [-0.15, -0.1) is 0 Å². The SMILES string of the molecule is COc1ccccc1CCNc1cncc(C(=O)NCCC2=CCCCC2)c1. The first-order chi connectivity index (χ1) is 13.8. The molecule has 28 heavy (non-hydrogen) atoms. The van der Waals surface area contributed by atoms with Gasteiger partial charge in [0.05, 0.1) is 18.4 Å². The Hall–Kier alpha value is -2.82. The van der Waals surface area contributed by atoms with Crippen molar-refractivity contribution in [3.63, 3.8) is 0 Å². The maximum atomic E-state index is 12.4. The Morgan fingerprint density at radius 2 is 2.04 bits per heavy atom. The predicted octanol–water partition coefficient (Wildman–Crippen LogP) is 4.37. The van der Waals surface area contributed by atoms with E-state index in [4.69, 9.17) is 4.74 Å². The largest absolute Gasteiger partial charge is 0.496 e. The van der Waals surface area contributed by atoms with Crippen molar-refractivity contribution < 1.29 is 9.53 Å². The number of amides is 1. The van der Waals surface area contributed by atoms with Crippen molar-refractivity contribution in [2.75, 3.05) is 25.5 Å². The van der Waals surface area contributed by atoms with Gasteiger partial charge in [0.1, 0.15) is 5.75 Å². The van der Waals surface area contributed by atoms with Gasteiger partial charge in [0, 0.05) is 25.5 Å². The van der Waals surface area contributed by atoms with Gasteiger partial charge < -0.3 is 15.4 Å². The van der Waals surface area contributed by atoms with E-state index in [2.05, 4.69) is 27.8 Å². The van der Waals surface area contributed by atoms with E-state index >= 15 is 0 Å². The highest BCUT2D eigenvalue weighted by Crippen LogP contribution is 2.20. The van der Waals surface area contributed by atoms with Crippen LogP contribution in [0.3, 0.4) is 0 Å². The molecule has 5 nitrogen and oxygen atoms in total. The molecule has 0 saturated carbocycles. The van der Waals surface area contributed by atoms with E-state index < -0.39 is 0 Å². The van der Waals surface area contributed by atoms with Crippen LogP contribution >= 0.6 is 0 Å². The molecule has 1 heterocycles. The number of rotatable bonds is 9. The monoisotopic (exact) mass is 379 g/mol. The molecule has 0 fully saturated rings. The molecule has 1 aliphatic rings. The van der Waals surface area contributed by atoms with E-state index in [0.29, 0.717) is 12.1 Å². The quantitative estimate of drug-likeness (QED) is 0.635. The average Bonchev–Trinajstić information content (AvgIpc) is 2.75. The van der Waals surface area contributed by atoms with Crippen LogP contribution in [0.25, 0.3) is 0 Å². The summed E-state index contributed by atoms with van der Waals surface area (Å²) in [5.41, 5.74) is 4.05. The highest BCUT2D eigenvalue weighted by atomic mass is 16.5. The van der Waals surface area contributed by atoms with Crippen LogP contribution in [0.5, 0.6) is 5.75 Å². The summed E-state index contributed by atoms with van der Waals surface area (Å²) in [4.78, 5) is 16.6. The summed E-state index contributed by atoms with van der Waals surface area (Å²) in [6, 6.07) is 9.85. The van der Waals surface area contributed by atoms with Crippen LogP contribution < -0.4 is 15.4 Å². The van der Waals surface area contributed by atoms with Gasteiger partial charge in [0.25, 0.3) is 5.91 Å². The average molecular weight is 380 g/mol. The lowest BCUT2D eigenvalue weighted by Gasteiger charge is -2.13. The Balaban J connectivity index is 1.47. The second-order valence-corrected chi connectivity index (χ2v) is 7.06. The minimum atomic E-state index is -0.0720. The third-order valence-corrected chi connectivity index (χ3v) is 5.03. The summed E-state index contributed by atoms with van der Waals surface area (Å²) < 4.78 is 5.38. The van der Waals surface area contributed by atoms with Gasteiger partial charge in [0.15, 0.2) is 0 Å². The number of carbonyl (C=O) groups is 1. The summed E-state index contributed by atoms with van der Waals surface area (Å²) in [7, 11) is 1.68. The van der Waals surface area contributed by atoms with Crippen molar-refractivity contribution in [3.8, 4) is 5.75 Å². The van der Waals surface area contributed by atoms with Crippen molar-refractivity contribution in [1.29, 1.82) is 0 Å². The van der Waals surface area contributed by atoms with Gasteiger partial charge in [0.2, 0.25) is 0 Å². The first-order valence-electron chi connectivity index (χ1n) is 10.0. The van der Waals surface area contributed by atoms with Crippen LogP contribution in [0.4, 0.5) is 5.69 Å². The minimum Gasteiger partial charge on any atom is -0.496 e. The van der Waals surface area contributed by atoms with Crippen LogP contribution in [0.2, 0.25) is 0 Å². The number of nitrogens with one attached hydrogen (secondary N) is 2. The summed E-state index contributed by atoms with van der Waals surface area (Å²) >= 11 is 0. The molecule has 5 heteroatoms. The van der Waals surface area contributed by atoms with Gasteiger partial charge in [-0.25, -0.2) is 0 Å². The molecule has 2 N–H and O–H groups in total. The normalized spacial score (nSPS) is 13.5. The molecule has 148 valence electrons. The lowest BCUT2D eigenvalue weighted by atomic mass is 9.97. The highest BCUT2D eigenvalue weighted by Gasteiger charge is 2.09. The second kappa shape index (κ2) is 10.5. The van der Waals surface area contributed by atoms with E-state index in [9.17, 15) is 4.79 Å². The van der Waals surface area contributed by atoms with Crippen LogP contribution in [0.1, 0.15) is 48.0 Å². The number of ether oxygens (including phenoxy) is 1. The van der Waals surface area contributed by atoms with Gasteiger partial charge in [-0.3, -0.25) is 9.78 Å². The van der Waals surface area contributed by atoms with E-state index in [0.717, 1.165) is 36.4 Å². The number of allylic oxidation sites excluding steroid dienone is 1. The molecular weight excluding hydrogens is 350 g/mol. The number of aromatic nitrogens is 1. The van der Waals surface area contributed by atoms with Gasteiger partial charge in [-0.2, -0.15) is 0 Å². The number of benzene rings is 1. The zero-order valence-corrected chi connectivity index (χ0v) is 16.5. The lowest BCUT2D eigenvalue weighted by molar-refractivity contribution is 0.0953. The Labute approximate surface area is 167 Å². The number of pyridine rings is 1. The molecule has 1 aromatic heterocycles. The van der Waals surface area contributed by atoms with E-state index in [1.165, 1.54) is 31.3 Å². The topological polar surface area (TPSA) is 63.2 Å². The summed E-state index contributed by atoms with van der Waals surface area (Å²) in [6.07, 6.45) is 12.4. The molecule has 2 aromatic rings. The Bertz CT molecular complexity index is 817. The smallest absolute Gasteiger partial charge is 0.252 e. The standard InChI is InChI=1S/C23H29N3O2/c1-28-22-10-6-5-9-19(22)12-14-25-21-15-20(16-24-17-21)23(27)26-13-11-18-7-3-2-4-8-18/h5-7,9-10,15-17,25H,2-4,8,11-14H2,1H3,(H,26,27). The maximum absolute atomic E-state index is 12.4. The fourth-order valence-electron chi connectivity index (χ4n) is 3.48. The third kappa shape index (κ3) is 5.84. The van der Waals surface area contributed by atoms with Crippen molar-refractivity contribution >= 4 is 11.6 Å². The molecular formula is C23H29N3O2. The molecule has 0 spiro atoms. The molecule has 1 aromatic carbocycles. The Morgan fingerprint density at radius 3 is 2.86 bits per heavy atom. The number of methoxy groups -OCH3 is 1. The highest BCUT2D eigenvalue weighted by molar-refractivity contribution is 5.94. The molecule has 1 aliphatic carbocycles. The summed E-state index contributed by atoms with van der Waals surface area (Å²) in [6.45, 7) is 1.41. The summed E-state index contributed by atoms with van der Waals surface area (Å²) in [5, 5.41) is 6.35. The molecule has 0 aliphatic heterocycles. The summed E-state index contributed by atoms with van der Waals surface area (Å²) in [5.74, 6) is 0.820. The zero-order chi connectivity index (χ0) is 19.6. The Morgan fingerprint density at radius 1 is 1.14 bits per heavy atom. The zero-order valence-electron chi connectivity index (χ0n) is 16.5. The minimum absolute atomic E-state index is 0.0720. The number of carbonyl (C=O) groups excluding carboxylic acids is 1. The van der Waals surface area contributed by atoms with Gasteiger partial charge >= 0.3 is 0 Å². The maximum Gasteiger partial charge on any atom is 0.252 e. The van der Waals surface area contributed by atoms with Crippen LogP contribution in [0.15, 0.2) is 54.4 Å². The van der Waals surface area contributed by atoms with Gasteiger partial charge in [-0.1, -0.05) is 29.8 Å². The first kappa shape index (κ1) is 19.9. The number of anilines is 1. The fourth-order valence-corrected chi connectivity index (χ4v) is 3.48. The van der Waals surface area contributed by atoms with E-state index in [-0.39, 0.29) is 5.91 Å². The van der Waals surface area contributed by atoms with Crippen LogP contribution in [-0.2, 0) is 6.42 Å². The van der Waals surface area contributed by atoms with Crippen molar-refractivity contribution in [2.45, 2.75) is 38.5 Å². The molecule has 0 bridgehead atoms. The third-order valence-electron chi connectivity index (χ3n) is 5.03. The first-order valence-corrected chi connectivity index (χ1v) is 10.0. The molecule has 0 radical (unpaired) electrons. The second-order valence-electron chi connectivity index (χ2n) is 7.06. The predicted molar refractivity (Wildman–Crippen MR) is 113 cm³/mol. The van der Waals surface area contributed by atoms with E-state index in [1.807, 2.05) is 24.3 Å². The number of hydrogen-bond donors (Lipinski definition) is 2. The molecule has 0 unspecified atom stereocenters. The molecule has 3 rings (SSSR count). The van der Waals surface area contributed by atoms with E-state index in [1.54, 1.807) is 19.5 Å². The Kier molecular flexibility index (Phi) is 7.47. The lowest BCUT2D eigenvalue weighted by Crippen LogP contribution is -2.25. The number of hydrogen-bond acceptors (Lipinski definition) is 4. The van der Waals surface area contributed by atoms with Gasteiger partial charge in [-0.05, 0) is 56.2 Å². The van der Waals surface area contributed by atoms with Crippen molar-refractivity contribution in [2.24, 2.45) is 0 Å². The number of nitrogens with zero attached hydrogens (tertiary/aromatic N) is 1. The number of para-hydroxylation sites is 1. The molecule has 1 amide bonds.